The van der Waals surface area contributed by atoms with Crippen LogP contribution in [0.25, 0.3) is 0 Å². The van der Waals surface area contributed by atoms with E-state index in [1.807, 2.05) is 20.8 Å². The van der Waals surface area contributed by atoms with Gasteiger partial charge in [-0.15, -0.1) is 0 Å². The van der Waals surface area contributed by atoms with Crippen molar-refractivity contribution < 1.29 is 109 Å². The average molecular weight is 1910 g/mol. The maximum atomic E-state index is 16.8. The smallest absolute Gasteiger partial charge is 0.318 e. The summed E-state index contributed by atoms with van der Waals surface area (Å²) in [4.78, 5) is 184. The molecule has 3 heterocycles. The fourth-order valence-electron chi connectivity index (χ4n) is 19.9. The van der Waals surface area contributed by atoms with Gasteiger partial charge in [-0.2, -0.15) is 0 Å². The Labute approximate surface area is 798 Å². The third kappa shape index (κ3) is 23.7. The molecule has 15 unspecified atom stereocenters. The van der Waals surface area contributed by atoms with Crippen molar-refractivity contribution in [2.45, 2.75) is 152 Å². The number of aromatic hydroxyl groups is 2. The Bertz CT molecular complexity index is 6100. The Morgan fingerprint density at radius 1 is 0.423 bits per heavy atom. The van der Waals surface area contributed by atoms with E-state index in [9.17, 15) is 61.2 Å². The number of carboxylic acids is 2. The molecule has 0 bridgehead atoms. The Morgan fingerprint density at radius 2 is 0.788 bits per heavy atom. The summed E-state index contributed by atoms with van der Waals surface area (Å²) in [6, 6.07) is 59.1. The van der Waals surface area contributed by atoms with Gasteiger partial charge in [-0.1, -0.05) is 252 Å². The fraction of sp³-hybridized carbons (Fsp3) is 0.377. The van der Waals surface area contributed by atoms with Crippen molar-refractivity contribution in [3.05, 3.63) is 286 Å². The third-order valence-corrected chi connectivity index (χ3v) is 30.0. The van der Waals surface area contributed by atoms with E-state index in [0.717, 1.165) is 52.3 Å². The van der Waals surface area contributed by atoms with Crippen molar-refractivity contribution in [1.82, 2.24) is 29.9 Å². The van der Waals surface area contributed by atoms with E-state index >= 15 is 33.6 Å². The summed E-state index contributed by atoms with van der Waals surface area (Å²) in [5.74, 6) is -33.5. The zero-order valence-electron chi connectivity index (χ0n) is 77.8. The van der Waals surface area contributed by atoms with Crippen LogP contribution in [0.5, 0.6) is 23.0 Å². The zero-order valence-corrected chi connectivity index (χ0v) is 79.4. The van der Waals surface area contributed by atoms with Crippen LogP contribution in [0.3, 0.4) is 0 Å². The van der Waals surface area contributed by atoms with Crippen molar-refractivity contribution in [3.8, 4) is 23.0 Å². The van der Waals surface area contributed by atoms with E-state index in [1.165, 1.54) is 38.3 Å². The molecule has 0 saturated carbocycles. The molecular formula is C106H118N6O23S2. The average Bonchev–Trinajstić information content (AvgIpc) is 1.60. The molecule has 0 radical (unpaired) electrons. The normalized spacial score (nSPS) is 18.7. The van der Waals surface area contributed by atoms with Crippen LogP contribution >= 0.6 is 0 Å². The van der Waals surface area contributed by atoms with Crippen LogP contribution in [0.15, 0.2) is 234 Å². The van der Waals surface area contributed by atoms with Crippen LogP contribution in [-0.4, -0.2) is 171 Å². The van der Waals surface area contributed by atoms with Crippen LogP contribution in [0, 0.1) is 73.0 Å². The van der Waals surface area contributed by atoms with Crippen molar-refractivity contribution in [3.63, 3.8) is 0 Å². The lowest BCUT2D eigenvalue weighted by atomic mass is 9.64. The number of phenols is 2. The highest BCUT2D eigenvalue weighted by atomic mass is 32.2. The summed E-state index contributed by atoms with van der Waals surface area (Å²) in [5.41, 5.74) is 3.36. The molecule has 6 amide bonds. The van der Waals surface area contributed by atoms with E-state index in [0.29, 0.717) is 53.5 Å². The standard InChI is InChI=1S/C106H118N6O23S2/c1-9-12-49-107-98(118)92(83(104(125)126)57-74(67-33-21-15-22-34-67)90-65(6)105(127)135-106(90)128)75(68-35-23-16-24-36-68)55-80-93(101(121)111(99(80)119)53-13-10-2)76(69-37-25-17-26-38-69)56-81-94(102(122)112(100(81)120)54-30-52-110-137(131,132)89-60-79(85(114)62-87(89)134-8)96(116)72-47-43-64(5)44-48-72)77(70-39-27-18-28-40-70)58-82(103(123)124)91(73(11-3)66-31-19-14-20-32-66)97(117)108-50-29-51-109-136(129,130)88-59-78(84(113)61-86(88)133-7)95(115)71-45-41-63(4)42-46-71/h14-28,31-48,59-62,65,73-77,80-83,90-94,109-110,113-114H,9-13,29-30,49-58H2,1-8H3,(H,107,118)(H,108,117)(H,123,124)(H,125,126). The fourth-order valence-corrected chi connectivity index (χ4v) is 22.4. The van der Waals surface area contributed by atoms with Crippen LogP contribution in [0.4, 0.5) is 0 Å². The number of unbranched alkanes of at least 4 members (excludes halogenated alkanes) is 2. The highest BCUT2D eigenvalue weighted by molar-refractivity contribution is 7.90. The molecule has 3 fully saturated rings. The first kappa shape index (κ1) is 103. The Balaban J connectivity index is 0.959. The number of aliphatic carboxylic acids is 2. The molecule has 29 nitrogen and oxygen atoms in total. The van der Waals surface area contributed by atoms with Crippen LogP contribution in [0.1, 0.15) is 199 Å². The second-order valence-corrected chi connectivity index (χ2v) is 39.0. The van der Waals surface area contributed by atoms with Gasteiger partial charge >= 0.3 is 23.9 Å². The second-order valence-electron chi connectivity index (χ2n) is 35.6. The van der Waals surface area contributed by atoms with Gasteiger partial charge in [0, 0.05) is 62.5 Å². The summed E-state index contributed by atoms with van der Waals surface area (Å²) in [6.45, 7) is 8.99. The molecule has 3 aliphatic rings. The van der Waals surface area contributed by atoms with E-state index < -0.39 is 240 Å². The Morgan fingerprint density at radius 3 is 1.18 bits per heavy atom. The summed E-state index contributed by atoms with van der Waals surface area (Å²) < 4.78 is 79.1. The van der Waals surface area contributed by atoms with Crippen molar-refractivity contribution in [1.29, 1.82) is 0 Å². The van der Waals surface area contributed by atoms with Crippen molar-refractivity contribution in [2.24, 2.45) is 59.2 Å². The maximum Gasteiger partial charge on any atom is 0.318 e. The second kappa shape index (κ2) is 46.5. The number of hydrogen-bond donors (Lipinski definition) is 8. The molecule has 31 heteroatoms. The number of carbonyl (C=O) groups excluding carboxylic acids is 10. The maximum absolute atomic E-state index is 16.8. The molecule has 3 saturated heterocycles. The highest BCUT2D eigenvalue weighted by Gasteiger charge is 2.59. The van der Waals surface area contributed by atoms with Crippen molar-refractivity contribution in [2.75, 3.05) is 53.5 Å². The minimum atomic E-state index is -4.73. The van der Waals surface area contributed by atoms with Crippen molar-refractivity contribution >= 4 is 90.9 Å². The number of imide groups is 2. The zero-order chi connectivity index (χ0) is 98.7. The van der Waals surface area contributed by atoms with Gasteiger partial charge in [0.05, 0.1) is 84.5 Å². The number of ketones is 2. The van der Waals surface area contributed by atoms with Gasteiger partial charge < -0.3 is 45.3 Å². The molecule has 0 aromatic heterocycles. The number of rotatable bonds is 49. The van der Waals surface area contributed by atoms with Crippen LogP contribution in [-0.2, 0) is 72.7 Å². The number of nitrogens with zero attached hydrogens (tertiary/aromatic N) is 2. The number of methoxy groups -OCH3 is 2. The van der Waals surface area contributed by atoms with Gasteiger partial charge in [-0.25, -0.2) is 26.3 Å². The monoisotopic (exact) mass is 1910 g/mol. The minimum absolute atomic E-state index is 0.0827. The summed E-state index contributed by atoms with van der Waals surface area (Å²) in [7, 11) is -6.96. The van der Waals surface area contributed by atoms with E-state index in [1.54, 1.807) is 190 Å². The number of nitrogens with one attached hydrogen (secondary N) is 4. The van der Waals surface area contributed by atoms with Crippen LogP contribution < -0.4 is 29.6 Å². The van der Waals surface area contributed by atoms with E-state index in [-0.39, 0.29) is 79.2 Å². The Kier molecular flexibility index (Phi) is 34.8. The number of hydrogen-bond acceptors (Lipinski definition) is 21. The number of amides is 6. The van der Waals surface area contributed by atoms with Gasteiger partial charge in [0.1, 0.15) is 32.8 Å². The van der Waals surface area contributed by atoms with Gasteiger partial charge in [-0.05, 0) is 141 Å². The number of phenolic OH excluding ortho intramolecular Hbond substituents is 2. The quantitative estimate of drug-likeness (QED) is 0.00577. The number of aryl methyl sites for hydroxylation is 2. The number of sulfonamides is 2. The van der Waals surface area contributed by atoms with Gasteiger partial charge in [0.25, 0.3) is 0 Å². The molecular weight excluding hydrogens is 1790 g/mol. The molecule has 0 aliphatic carbocycles. The predicted octanol–water partition coefficient (Wildman–Crippen LogP) is 14.1. The SMILES string of the molecule is CCCCNC(=O)C(C(CC(c1ccccc1)C1C(=O)OC(=O)C1C)C(=O)O)C(CC1C(=O)N(CCCC)C(=O)C1C(CC1C(=O)N(CCCNS(=O)(=O)c2cc(C(=O)c3ccc(C)cc3)c(O)cc2OC)C(=O)C1C(CC(C(=O)O)C(C(=O)NCCCNS(=O)(=O)c1cc(C(=O)c2ccc(C)cc2)c(O)cc1OC)C(CC)c1ccccc1)c1ccccc1)c1ccccc1)c1ccccc1. The number of esters is 2. The number of cyclic esters (lactones) is 2. The lowest BCUT2D eigenvalue weighted by molar-refractivity contribution is -0.155. The lowest BCUT2D eigenvalue weighted by Crippen LogP contribution is -2.44. The number of ether oxygens (including phenoxy) is 3. The molecule has 3 aliphatic heterocycles. The number of likely N-dealkylation sites (tertiary alicyclic amines) is 2. The lowest BCUT2D eigenvalue weighted by Gasteiger charge is -2.37. The summed E-state index contributed by atoms with van der Waals surface area (Å²) >= 11 is 0. The van der Waals surface area contributed by atoms with E-state index in [4.69, 9.17) is 14.2 Å². The number of benzene rings is 9. The number of carboxylic acid groups (broad SMARTS) is 2. The first-order valence-electron chi connectivity index (χ1n) is 46.4. The summed E-state index contributed by atoms with van der Waals surface area (Å²) in [5, 5.41) is 52.3. The minimum Gasteiger partial charge on any atom is -0.507 e. The largest absolute Gasteiger partial charge is 0.507 e. The molecule has 0 spiro atoms. The molecule has 722 valence electrons. The molecule has 12 rings (SSSR count). The van der Waals surface area contributed by atoms with Gasteiger partial charge in [0.15, 0.2) is 11.6 Å². The summed E-state index contributed by atoms with van der Waals surface area (Å²) in [6.07, 6.45) is -0.324. The predicted molar refractivity (Wildman–Crippen MR) is 509 cm³/mol. The van der Waals surface area contributed by atoms with E-state index in [2.05, 4.69) is 20.1 Å². The number of carbonyl (C=O) groups is 12. The van der Waals surface area contributed by atoms with Crippen LogP contribution in [0.2, 0.25) is 0 Å². The topological polar surface area (TPSA) is 436 Å². The van der Waals surface area contributed by atoms with Gasteiger partial charge in [-0.3, -0.25) is 67.3 Å². The Hall–Kier alpha value is -13.4. The van der Waals surface area contributed by atoms with Gasteiger partial charge in [0.2, 0.25) is 55.5 Å². The first-order valence-corrected chi connectivity index (χ1v) is 49.4. The molecule has 9 aromatic carbocycles. The molecule has 15 atom stereocenters. The third-order valence-electron chi connectivity index (χ3n) is 27.0. The molecule has 8 N–H and O–H groups in total. The first-order chi connectivity index (χ1) is 65.7. The molecule has 9 aromatic rings. The highest BCUT2D eigenvalue weighted by Crippen LogP contribution is 2.54. The molecule has 137 heavy (non-hydrogen) atoms.